The number of hydrogen-bond donors (Lipinski definition) is 1. The van der Waals surface area contributed by atoms with Gasteiger partial charge in [-0.15, -0.1) is 0 Å². The number of aryl methyl sites for hydroxylation is 1. The van der Waals surface area contributed by atoms with Gasteiger partial charge in [0.25, 0.3) is 0 Å². The van der Waals surface area contributed by atoms with Gasteiger partial charge in [-0.2, -0.15) is 0 Å². The SMILES string of the molecule is CCOC(=O)N1CCC(N(c2sc(NC(=O)N(C3CCCCC3)C3CCCCC3)nc2C)S(=O)[O-])CC1. The Bertz CT molecular complexity index is 922. The van der Waals surface area contributed by atoms with Gasteiger partial charge in [-0.25, -0.2) is 14.6 Å². The summed E-state index contributed by atoms with van der Waals surface area (Å²) in [5.41, 5.74) is 0.569. The van der Waals surface area contributed by atoms with Gasteiger partial charge in [-0.05, 0) is 52.4 Å². The average molecular weight is 555 g/mol. The molecule has 0 spiro atoms. The monoisotopic (exact) mass is 554 g/mol. The molecular weight excluding hydrogens is 514 g/mol. The lowest BCUT2D eigenvalue weighted by atomic mass is 9.89. The van der Waals surface area contributed by atoms with Crippen LogP contribution in [0.4, 0.5) is 19.7 Å². The first kappa shape index (κ1) is 28.1. The highest BCUT2D eigenvalue weighted by molar-refractivity contribution is 7.81. The van der Waals surface area contributed by atoms with E-state index < -0.39 is 11.3 Å². The molecule has 4 rings (SSSR count). The predicted octanol–water partition coefficient (Wildman–Crippen LogP) is 5.17. The normalized spacial score (nSPS) is 20.9. The molecule has 1 saturated heterocycles. The largest absolute Gasteiger partial charge is 0.755 e. The van der Waals surface area contributed by atoms with Crippen molar-refractivity contribution in [3.05, 3.63) is 5.69 Å². The number of ether oxygens (including phenoxy) is 1. The number of likely N-dealkylation sites (tertiary alicyclic amines) is 1. The minimum atomic E-state index is -2.51. The highest BCUT2D eigenvalue weighted by Gasteiger charge is 2.34. The second kappa shape index (κ2) is 13.2. The fourth-order valence-corrected chi connectivity index (χ4v) is 7.96. The molecular formula is C25H40N5O5S2-. The summed E-state index contributed by atoms with van der Waals surface area (Å²) < 4.78 is 31.1. The summed E-state index contributed by atoms with van der Waals surface area (Å²) in [5, 5.41) is 3.97. The first-order valence-electron chi connectivity index (χ1n) is 13.8. The second-order valence-corrected chi connectivity index (χ2v) is 12.1. The van der Waals surface area contributed by atoms with Crippen LogP contribution in [0.1, 0.15) is 89.7 Å². The standard InChI is InChI=1S/C25H41N5O5S2/c1-3-35-25(32)28-16-14-21(15-17-28)30(37(33)34)22-18(2)26-23(36-22)27-24(31)29(19-10-6-4-7-11-19)20-12-8-5-9-13-20/h19-21H,3-17H2,1-2H3,(H,33,34)(H,26,27,31)/p-1. The molecule has 1 aliphatic heterocycles. The van der Waals surface area contributed by atoms with E-state index in [0.29, 0.717) is 48.4 Å². The number of urea groups is 1. The van der Waals surface area contributed by atoms with Gasteiger partial charge in [0.1, 0.15) is 5.00 Å². The Labute approximate surface area is 226 Å². The van der Waals surface area contributed by atoms with E-state index >= 15 is 0 Å². The van der Waals surface area contributed by atoms with Gasteiger partial charge in [-0.1, -0.05) is 49.9 Å². The molecule has 37 heavy (non-hydrogen) atoms. The molecule has 1 aromatic rings. The number of thiazole rings is 1. The minimum absolute atomic E-state index is 0.114. The van der Waals surface area contributed by atoms with Gasteiger partial charge in [0.15, 0.2) is 5.13 Å². The van der Waals surface area contributed by atoms with Crippen LogP contribution in [0.2, 0.25) is 0 Å². The fraction of sp³-hybridized carbons (Fsp3) is 0.800. The number of anilines is 2. The Morgan fingerprint density at radius 2 is 1.59 bits per heavy atom. The molecule has 3 fully saturated rings. The summed E-state index contributed by atoms with van der Waals surface area (Å²) in [7, 11) is 0. The molecule has 0 bridgehead atoms. The molecule has 2 saturated carbocycles. The van der Waals surface area contributed by atoms with E-state index in [2.05, 4.69) is 15.2 Å². The van der Waals surface area contributed by atoms with Crippen molar-refractivity contribution in [3.63, 3.8) is 0 Å². The minimum Gasteiger partial charge on any atom is -0.755 e. The third kappa shape index (κ3) is 6.94. The first-order chi connectivity index (χ1) is 17.9. The van der Waals surface area contributed by atoms with E-state index in [4.69, 9.17) is 4.74 Å². The molecule has 1 unspecified atom stereocenters. The number of piperidine rings is 1. The topological polar surface area (TPSA) is 118 Å². The maximum atomic E-state index is 13.6. The van der Waals surface area contributed by atoms with Gasteiger partial charge >= 0.3 is 12.1 Å². The van der Waals surface area contributed by atoms with Crippen LogP contribution in [0.15, 0.2) is 0 Å². The van der Waals surface area contributed by atoms with Gasteiger partial charge in [0, 0.05) is 42.5 Å². The molecule has 0 radical (unpaired) electrons. The van der Waals surface area contributed by atoms with Crippen LogP contribution in [0.25, 0.3) is 0 Å². The molecule has 12 heteroatoms. The number of hydrogen-bond acceptors (Lipinski definition) is 7. The zero-order valence-electron chi connectivity index (χ0n) is 22.0. The Morgan fingerprint density at radius 1 is 1.03 bits per heavy atom. The number of aromatic nitrogens is 1. The van der Waals surface area contributed by atoms with Gasteiger partial charge in [-0.3, -0.25) is 13.8 Å². The van der Waals surface area contributed by atoms with E-state index in [9.17, 15) is 18.4 Å². The van der Waals surface area contributed by atoms with E-state index in [1.165, 1.54) is 28.5 Å². The Hall–Kier alpha value is -1.92. The molecule has 1 atom stereocenters. The van der Waals surface area contributed by atoms with Crippen LogP contribution in [0.5, 0.6) is 0 Å². The van der Waals surface area contributed by atoms with Gasteiger partial charge in [0.2, 0.25) is 0 Å². The van der Waals surface area contributed by atoms with Crippen LogP contribution < -0.4 is 9.62 Å². The molecule has 0 aromatic carbocycles. The first-order valence-corrected chi connectivity index (χ1v) is 15.6. The molecule has 3 amide bonds. The molecule has 1 aromatic heterocycles. The molecule has 1 N–H and O–H groups in total. The summed E-state index contributed by atoms with van der Waals surface area (Å²) in [6, 6.07) is 0.115. The van der Waals surface area contributed by atoms with Crippen molar-refractivity contribution in [3.8, 4) is 0 Å². The van der Waals surface area contributed by atoms with E-state index in [1.54, 1.807) is 18.7 Å². The van der Waals surface area contributed by atoms with E-state index in [0.717, 1.165) is 51.4 Å². The second-order valence-electron chi connectivity index (χ2n) is 10.3. The van der Waals surface area contributed by atoms with Crippen molar-refractivity contribution in [2.24, 2.45) is 0 Å². The lowest BCUT2D eigenvalue weighted by molar-refractivity contribution is 0.0976. The van der Waals surface area contributed by atoms with Crippen molar-refractivity contribution in [2.45, 2.75) is 109 Å². The summed E-state index contributed by atoms with van der Waals surface area (Å²) in [5.74, 6) is 0. The zero-order chi connectivity index (χ0) is 26.4. The smallest absolute Gasteiger partial charge is 0.409 e. The molecule has 3 aliphatic rings. The Morgan fingerprint density at radius 3 is 2.11 bits per heavy atom. The van der Waals surface area contributed by atoms with Crippen molar-refractivity contribution >= 4 is 44.9 Å². The highest BCUT2D eigenvalue weighted by Crippen LogP contribution is 2.37. The van der Waals surface area contributed by atoms with Crippen LogP contribution in [0.3, 0.4) is 0 Å². The van der Waals surface area contributed by atoms with E-state index in [-0.39, 0.29) is 30.2 Å². The maximum Gasteiger partial charge on any atom is 0.409 e. The summed E-state index contributed by atoms with van der Waals surface area (Å²) in [6.07, 6.45) is 11.9. The van der Waals surface area contributed by atoms with Crippen LogP contribution in [-0.2, 0) is 16.0 Å². The average Bonchev–Trinajstić information content (AvgIpc) is 3.25. The number of nitrogens with zero attached hydrogens (tertiary/aromatic N) is 4. The third-order valence-electron chi connectivity index (χ3n) is 7.84. The lowest BCUT2D eigenvalue weighted by Crippen LogP contribution is -2.50. The zero-order valence-corrected chi connectivity index (χ0v) is 23.6. The van der Waals surface area contributed by atoms with Crippen molar-refractivity contribution in [1.82, 2.24) is 14.8 Å². The highest BCUT2D eigenvalue weighted by atomic mass is 32.2. The molecule has 2 heterocycles. The number of amides is 3. The molecule has 10 nitrogen and oxygen atoms in total. The van der Waals surface area contributed by atoms with Gasteiger partial charge in [0.05, 0.1) is 12.3 Å². The summed E-state index contributed by atoms with van der Waals surface area (Å²) in [6.45, 7) is 4.70. The predicted molar refractivity (Wildman–Crippen MR) is 144 cm³/mol. The van der Waals surface area contributed by atoms with Crippen LogP contribution >= 0.6 is 11.3 Å². The van der Waals surface area contributed by atoms with Crippen molar-refractivity contribution in [2.75, 3.05) is 29.3 Å². The van der Waals surface area contributed by atoms with Gasteiger partial charge < -0.3 is 19.1 Å². The molecule has 2 aliphatic carbocycles. The third-order valence-corrected chi connectivity index (χ3v) is 9.83. The Kier molecular flexibility index (Phi) is 10.1. The number of rotatable bonds is 7. The maximum absolute atomic E-state index is 13.6. The molecule has 208 valence electrons. The van der Waals surface area contributed by atoms with Crippen molar-refractivity contribution < 1.29 is 23.1 Å². The summed E-state index contributed by atoms with van der Waals surface area (Å²) in [4.78, 5) is 33.9. The van der Waals surface area contributed by atoms with E-state index in [1.807, 2.05) is 0 Å². The Balaban J connectivity index is 1.46. The summed E-state index contributed by atoms with van der Waals surface area (Å²) >= 11 is -1.31. The van der Waals surface area contributed by atoms with Crippen molar-refractivity contribution in [1.29, 1.82) is 0 Å². The number of carbonyl (C=O) groups excluding carboxylic acids is 2. The van der Waals surface area contributed by atoms with Crippen LogP contribution in [-0.4, -0.2) is 73.5 Å². The quantitative estimate of drug-likeness (QED) is 0.465. The lowest BCUT2D eigenvalue weighted by Gasteiger charge is -2.41. The van der Waals surface area contributed by atoms with Crippen LogP contribution in [0, 0.1) is 6.92 Å². The number of carbonyl (C=O) groups is 2. The number of nitrogens with one attached hydrogen (secondary N) is 1. The fourth-order valence-electron chi connectivity index (χ4n) is 6.00.